The van der Waals surface area contributed by atoms with E-state index in [2.05, 4.69) is 10.1 Å². The highest BCUT2D eigenvalue weighted by Gasteiger charge is 2.18. The lowest BCUT2D eigenvalue weighted by atomic mass is 10.2. The molecule has 7 heteroatoms. The zero-order valence-corrected chi connectivity index (χ0v) is 12.7. The molecule has 0 amide bonds. The Hall–Kier alpha value is -1.99. The minimum absolute atomic E-state index is 0.0410. The molecule has 0 radical (unpaired) electrons. The number of ether oxygens (including phenoxy) is 2. The zero-order chi connectivity index (χ0) is 15.9. The molecule has 1 heterocycles. The standard InChI is InChI=1S/C15H20FN3O3/c1-3-13(21-2)15-17-14(18-19(15)7-8-20)10-22-12-6-4-5-11(16)9-12/h4-6,9,13,20H,3,7-8,10H2,1-2H3. The van der Waals surface area contributed by atoms with Crippen molar-refractivity contribution in [3.05, 3.63) is 41.7 Å². The third-order valence-corrected chi connectivity index (χ3v) is 3.16. The number of halogens is 1. The fraction of sp³-hybridized carbons (Fsp3) is 0.467. The topological polar surface area (TPSA) is 69.4 Å². The lowest BCUT2D eigenvalue weighted by Crippen LogP contribution is -2.13. The van der Waals surface area contributed by atoms with E-state index in [0.717, 1.165) is 6.42 Å². The van der Waals surface area contributed by atoms with Crippen molar-refractivity contribution in [1.29, 1.82) is 0 Å². The van der Waals surface area contributed by atoms with Crippen LogP contribution in [0.3, 0.4) is 0 Å². The first kappa shape index (κ1) is 16.4. The molecular formula is C15H20FN3O3. The molecule has 1 aromatic carbocycles. The van der Waals surface area contributed by atoms with Gasteiger partial charge in [0.05, 0.1) is 13.2 Å². The predicted octanol–water partition coefficient (Wildman–Crippen LogP) is 2.09. The number of hydrogen-bond acceptors (Lipinski definition) is 5. The Morgan fingerprint density at radius 1 is 1.41 bits per heavy atom. The van der Waals surface area contributed by atoms with Gasteiger partial charge in [0.15, 0.2) is 11.6 Å². The Labute approximate surface area is 128 Å². The maximum Gasteiger partial charge on any atom is 0.188 e. The van der Waals surface area contributed by atoms with Crippen LogP contribution in [0.4, 0.5) is 4.39 Å². The summed E-state index contributed by atoms with van der Waals surface area (Å²) in [6.07, 6.45) is 0.548. The van der Waals surface area contributed by atoms with Crippen LogP contribution >= 0.6 is 0 Å². The van der Waals surface area contributed by atoms with Gasteiger partial charge in [-0.05, 0) is 18.6 Å². The number of aromatic nitrogens is 3. The van der Waals surface area contributed by atoms with Gasteiger partial charge in [0.1, 0.15) is 24.3 Å². The van der Waals surface area contributed by atoms with E-state index < -0.39 is 0 Å². The van der Waals surface area contributed by atoms with Gasteiger partial charge in [-0.2, -0.15) is 5.10 Å². The molecule has 2 aromatic rings. The number of hydrogen-bond donors (Lipinski definition) is 1. The molecular weight excluding hydrogens is 289 g/mol. The molecule has 1 aromatic heterocycles. The van der Waals surface area contributed by atoms with Gasteiger partial charge in [0.25, 0.3) is 0 Å². The van der Waals surface area contributed by atoms with Crippen LogP contribution in [0.25, 0.3) is 0 Å². The fourth-order valence-corrected chi connectivity index (χ4v) is 2.12. The van der Waals surface area contributed by atoms with Gasteiger partial charge in [0.2, 0.25) is 0 Å². The number of methoxy groups -OCH3 is 1. The number of aliphatic hydroxyl groups is 1. The second-order valence-electron chi connectivity index (χ2n) is 4.71. The van der Waals surface area contributed by atoms with E-state index in [1.54, 1.807) is 23.9 Å². The molecule has 0 saturated carbocycles. The van der Waals surface area contributed by atoms with E-state index in [1.165, 1.54) is 12.1 Å². The van der Waals surface area contributed by atoms with Crippen molar-refractivity contribution in [2.75, 3.05) is 13.7 Å². The van der Waals surface area contributed by atoms with Gasteiger partial charge in [-0.1, -0.05) is 13.0 Å². The first-order chi connectivity index (χ1) is 10.7. The van der Waals surface area contributed by atoms with Crippen molar-refractivity contribution in [3.8, 4) is 5.75 Å². The fourth-order valence-electron chi connectivity index (χ4n) is 2.12. The summed E-state index contributed by atoms with van der Waals surface area (Å²) in [5.74, 6) is 1.17. The molecule has 0 fully saturated rings. The van der Waals surface area contributed by atoms with Crippen molar-refractivity contribution in [1.82, 2.24) is 14.8 Å². The highest BCUT2D eigenvalue weighted by molar-refractivity contribution is 5.22. The van der Waals surface area contributed by atoms with Gasteiger partial charge >= 0.3 is 0 Å². The van der Waals surface area contributed by atoms with Crippen LogP contribution in [0.15, 0.2) is 24.3 Å². The van der Waals surface area contributed by atoms with E-state index in [-0.39, 0.29) is 25.1 Å². The predicted molar refractivity (Wildman–Crippen MR) is 77.9 cm³/mol. The minimum atomic E-state index is -0.359. The zero-order valence-electron chi connectivity index (χ0n) is 12.7. The summed E-state index contributed by atoms with van der Waals surface area (Å²) in [5, 5.41) is 13.4. The van der Waals surface area contributed by atoms with Crippen LogP contribution in [0, 0.1) is 5.82 Å². The molecule has 1 atom stereocenters. The van der Waals surface area contributed by atoms with Gasteiger partial charge < -0.3 is 14.6 Å². The maximum atomic E-state index is 13.1. The molecule has 1 N–H and O–H groups in total. The van der Waals surface area contributed by atoms with Crippen molar-refractivity contribution in [3.63, 3.8) is 0 Å². The Bertz CT molecular complexity index is 599. The Morgan fingerprint density at radius 2 is 2.23 bits per heavy atom. The summed E-state index contributed by atoms with van der Waals surface area (Å²) in [7, 11) is 1.61. The van der Waals surface area contributed by atoms with E-state index in [1.807, 2.05) is 6.92 Å². The molecule has 1 unspecified atom stereocenters. The minimum Gasteiger partial charge on any atom is -0.485 e. The highest BCUT2D eigenvalue weighted by Crippen LogP contribution is 2.19. The lowest BCUT2D eigenvalue weighted by molar-refractivity contribution is 0.0870. The summed E-state index contributed by atoms with van der Waals surface area (Å²) >= 11 is 0. The van der Waals surface area contributed by atoms with Crippen molar-refractivity contribution >= 4 is 0 Å². The Balaban J connectivity index is 2.12. The maximum absolute atomic E-state index is 13.1. The van der Waals surface area contributed by atoms with Gasteiger partial charge in [0, 0.05) is 13.2 Å². The SMILES string of the molecule is CCC(OC)c1nc(COc2cccc(F)c2)nn1CCO. The molecule has 22 heavy (non-hydrogen) atoms. The van der Waals surface area contributed by atoms with E-state index in [9.17, 15) is 4.39 Å². The molecule has 6 nitrogen and oxygen atoms in total. The van der Waals surface area contributed by atoms with Crippen LogP contribution in [-0.2, 0) is 17.9 Å². The molecule has 0 aliphatic heterocycles. The largest absolute Gasteiger partial charge is 0.485 e. The molecule has 0 spiro atoms. The monoisotopic (exact) mass is 309 g/mol. The van der Waals surface area contributed by atoms with E-state index in [0.29, 0.717) is 23.9 Å². The number of rotatable bonds is 8. The van der Waals surface area contributed by atoms with Crippen molar-refractivity contribution < 1.29 is 19.0 Å². The average Bonchev–Trinajstić information content (AvgIpc) is 2.90. The van der Waals surface area contributed by atoms with Crippen LogP contribution in [0.1, 0.15) is 31.1 Å². The third-order valence-electron chi connectivity index (χ3n) is 3.16. The van der Waals surface area contributed by atoms with E-state index >= 15 is 0 Å². The number of benzene rings is 1. The molecule has 2 rings (SSSR count). The average molecular weight is 309 g/mol. The quantitative estimate of drug-likeness (QED) is 0.808. The molecule has 0 aliphatic carbocycles. The van der Waals surface area contributed by atoms with Crippen LogP contribution in [-0.4, -0.2) is 33.6 Å². The number of aliphatic hydroxyl groups excluding tert-OH is 1. The van der Waals surface area contributed by atoms with Crippen LogP contribution in [0.5, 0.6) is 5.75 Å². The lowest BCUT2D eigenvalue weighted by Gasteiger charge is -2.12. The van der Waals surface area contributed by atoms with Crippen molar-refractivity contribution in [2.45, 2.75) is 32.6 Å². The summed E-state index contributed by atoms with van der Waals surface area (Å²) < 4.78 is 25.6. The van der Waals surface area contributed by atoms with Crippen LogP contribution in [0.2, 0.25) is 0 Å². The van der Waals surface area contributed by atoms with Crippen LogP contribution < -0.4 is 4.74 Å². The molecule has 0 aliphatic rings. The third kappa shape index (κ3) is 4.02. The first-order valence-corrected chi connectivity index (χ1v) is 7.13. The summed E-state index contributed by atoms with van der Waals surface area (Å²) in [6, 6.07) is 5.89. The summed E-state index contributed by atoms with van der Waals surface area (Å²) in [5.41, 5.74) is 0. The van der Waals surface area contributed by atoms with Gasteiger partial charge in [-0.3, -0.25) is 0 Å². The normalized spacial score (nSPS) is 12.4. The van der Waals surface area contributed by atoms with Gasteiger partial charge in [-0.25, -0.2) is 14.1 Å². The summed E-state index contributed by atoms with van der Waals surface area (Å²) in [4.78, 5) is 4.41. The van der Waals surface area contributed by atoms with Gasteiger partial charge in [-0.15, -0.1) is 0 Å². The Kier molecular flexibility index (Phi) is 5.85. The Morgan fingerprint density at radius 3 is 2.86 bits per heavy atom. The summed E-state index contributed by atoms with van der Waals surface area (Å²) in [6.45, 7) is 2.40. The molecule has 0 bridgehead atoms. The second kappa shape index (κ2) is 7.86. The van der Waals surface area contributed by atoms with E-state index in [4.69, 9.17) is 14.6 Å². The first-order valence-electron chi connectivity index (χ1n) is 7.13. The molecule has 0 saturated heterocycles. The smallest absolute Gasteiger partial charge is 0.188 e. The van der Waals surface area contributed by atoms with Crippen molar-refractivity contribution in [2.24, 2.45) is 0 Å². The number of nitrogens with zero attached hydrogens (tertiary/aromatic N) is 3. The molecule has 120 valence electrons. The second-order valence-corrected chi connectivity index (χ2v) is 4.71. The highest BCUT2D eigenvalue weighted by atomic mass is 19.1.